The summed E-state index contributed by atoms with van der Waals surface area (Å²) in [5, 5.41) is 9.02. The summed E-state index contributed by atoms with van der Waals surface area (Å²) in [5.41, 5.74) is 0.452. The van der Waals surface area contributed by atoms with E-state index in [0.29, 0.717) is 12.2 Å². The Balaban J connectivity index is 2.43. The van der Waals surface area contributed by atoms with E-state index in [4.69, 9.17) is 9.84 Å². The lowest BCUT2D eigenvalue weighted by atomic mass is 10.2. The summed E-state index contributed by atoms with van der Waals surface area (Å²) in [6, 6.07) is 5.99. The maximum atomic E-state index is 11.4. The largest absolute Gasteiger partial charge is 0.508 e. The van der Waals surface area contributed by atoms with E-state index in [-0.39, 0.29) is 11.7 Å². The van der Waals surface area contributed by atoms with E-state index >= 15 is 0 Å². The van der Waals surface area contributed by atoms with Crippen LogP contribution in [-0.4, -0.2) is 17.7 Å². The number of carbonyl (C=O) groups excluding carboxylic acids is 1. The summed E-state index contributed by atoms with van der Waals surface area (Å²) in [6.07, 6.45) is 4.57. The predicted molar refractivity (Wildman–Crippen MR) is 57.8 cm³/mol. The third kappa shape index (κ3) is 3.85. The van der Waals surface area contributed by atoms with Crippen molar-refractivity contribution >= 4 is 5.97 Å². The van der Waals surface area contributed by atoms with Gasteiger partial charge in [0.2, 0.25) is 0 Å². The zero-order chi connectivity index (χ0) is 11.1. The lowest BCUT2D eigenvalue weighted by Gasteiger charge is -2.02. The molecular formula is C12H14O3. The van der Waals surface area contributed by atoms with E-state index in [9.17, 15) is 4.79 Å². The number of allylic oxidation sites excluding steroid dienone is 1. The monoisotopic (exact) mass is 206 g/mol. The van der Waals surface area contributed by atoms with Gasteiger partial charge in [-0.1, -0.05) is 12.2 Å². The number of aromatic hydroxyl groups is 1. The lowest BCUT2D eigenvalue weighted by Crippen LogP contribution is -2.05. The molecule has 0 radical (unpaired) electrons. The zero-order valence-corrected chi connectivity index (χ0v) is 8.64. The van der Waals surface area contributed by atoms with Crippen LogP contribution < -0.4 is 0 Å². The van der Waals surface area contributed by atoms with E-state index in [1.165, 1.54) is 24.3 Å². The molecule has 0 fully saturated rings. The number of hydrogen-bond acceptors (Lipinski definition) is 3. The molecule has 1 rings (SSSR count). The van der Waals surface area contributed by atoms with Crippen LogP contribution in [0.25, 0.3) is 0 Å². The highest BCUT2D eigenvalue weighted by molar-refractivity contribution is 5.89. The maximum absolute atomic E-state index is 11.4. The molecule has 0 saturated carbocycles. The summed E-state index contributed by atoms with van der Waals surface area (Å²) in [6.45, 7) is 2.30. The summed E-state index contributed by atoms with van der Waals surface area (Å²) in [4.78, 5) is 11.4. The first-order chi connectivity index (χ1) is 7.24. The van der Waals surface area contributed by atoms with Gasteiger partial charge in [0.25, 0.3) is 0 Å². The van der Waals surface area contributed by atoms with Crippen molar-refractivity contribution in [2.45, 2.75) is 13.3 Å². The normalized spacial score (nSPS) is 10.5. The Morgan fingerprint density at radius 1 is 1.40 bits per heavy atom. The first-order valence-electron chi connectivity index (χ1n) is 4.81. The van der Waals surface area contributed by atoms with Gasteiger partial charge in [-0.05, 0) is 37.6 Å². The molecule has 0 spiro atoms. The Labute approximate surface area is 89.0 Å². The summed E-state index contributed by atoms with van der Waals surface area (Å²) in [7, 11) is 0. The molecule has 0 atom stereocenters. The van der Waals surface area contributed by atoms with Crippen LogP contribution in [0.3, 0.4) is 0 Å². The molecule has 3 nitrogen and oxygen atoms in total. The van der Waals surface area contributed by atoms with E-state index in [0.717, 1.165) is 6.42 Å². The van der Waals surface area contributed by atoms with Gasteiger partial charge in [-0.2, -0.15) is 0 Å². The van der Waals surface area contributed by atoms with Gasteiger partial charge in [0.15, 0.2) is 0 Å². The van der Waals surface area contributed by atoms with Crippen molar-refractivity contribution in [1.82, 2.24) is 0 Å². The van der Waals surface area contributed by atoms with Gasteiger partial charge in [0.1, 0.15) is 5.75 Å². The van der Waals surface area contributed by atoms with Gasteiger partial charge in [-0.3, -0.25) is 0 Å². The minimum atomic E-state index is -0.362. The van der Waals surface area contributed by atoms with Crippen LogP contribution in [0.15, 0.2) is 36.4 Å². The SMILES string of the molecule is C/C=C/CCOC(=O)c1ccc(O)cc1. The van der Waals surface area contributed by atoms with Crippen molar-refractivity contribution in [3.63, 3.8) is 0 Å². The topological polar surface area (TPSA) is 46.5 Å². The molecule has 0 heterocycles. The highest BCUT2D eigenvalue weighted by Gasteiger charge is 2.05. The molecule has 0 amide bonds. The molecule has 1 aromatic rings. The highest BCUT2D eigenvalue weighted by atomic mass is 16.5. The number of ether oxygens (including phenoxy) is 1. The second-order valence-corrected chi connectivity index (χ2v) is 3.04. The third-order valence-electron chi connectivity index (χ3n) is 1.86. The first kappa shape index (κ1) is 11.3. The summed E-state index contributed by atoms with van der Waals surface area (Å²) < 4.78 is 5.00. The molecule has 0 bridgehead atoms. The van der Waals surface area contributed by atoms with Gasteiger partial charge in [0, 0.05) is 0 Å². The average Bonchev–Trinajstić information content (AvgIpc) is 2.25. The minimum Gasteiger partial charge on any atom is -0.508 e. The molecule has 80 valence electrons. The molecule has 1 aromatic carbocycles. The number of rotatable bonds is 4. The molecule has 0 aliphatic heterocycles. The smallest absolute Gasteiger partial charge is 0.338 e. The van der Waals surface area contributed by atoms with Crippen molar-refractivity contribution in [1.29, 1.82) is 0 Å². The van der Waals surface area contributed by atoms with Gasteiger partial charge in [0.05, 0.1) is 12.2 Å². The van der Waals surface area contributed by atoms with Crippen LogP contribution in [0.5, 0.6) is 5.75 Å². The molecule has 1 N–H and O–H groups in total. The molecule has 0 unspecified atom stereocenters. The van der Waals surface area contributed by atoms with Crippen LogP contribution in [0.2, 0.25) is 0 Å². The Morgan fingerprint density at radius 2 is 2.07 bits per heavy atom. The molecule has 0 aliphatic carbocycles. The van der Waals surface area contributed by atoms with Crippen LogP contribution in [0, 0.1) is 0 Å². The van der Waals surface area contributed by atoms with Gasteiger partial charge >= 0.3 is 5.97 Å². The Kier molecular flexibility index (Phi) is 4.41. The van der Waals surface area contributed by atoms with Crippen molar-refractivity contribution in [2.24, 2.45) is 0 Å². The van der Waals surface area contributed by atoms with Crippen molar-refractivity contribution in [2.75, 3.05) is 6.61 Å². The van der Waals surface area contributed by atoms with Crippen LogP contribution in [-0.2, 0) is 4.74 Å². The fourth-order valence-electron chi connectivity index (χ4n) is 1.07. The summed E-state index contributed by atoms with van der Waals surface area (Å²) in [5.74, 6) is -0.222. The fourth-order valence-corrected chi connectivity index (χ4v) is 1.07. The van der Waals surface area contributed by atoms with E-state index in [1.807, 2.05) is 19.1 Å². The van der Waals surface area contributed by atoms with Crippen molar-refractivity contribution in [3.05, 3.63) is 42.0 Å². The predicted octanol–water partition coefficient (Wildman–Crippen LogP) is 2.52. The molecule has 0 saturated heterocycles. The zero-order valence-electron chi connectivity index (χ0n) is 8.64. The van der Waals surface area contributed by atoms with E-state index < -0.39 is 0 Å². The number of phenols is 1. The molecule has 15 heavy (non-hydrogen) atoms. The number of hydrogen-bond donors (Lipinski definition) is 1. The fraction of sp³-hybridized carbons (Fsp3) is 0.250. The number of esters is 1. The Morgan fingerprint density at radius 3 is 2.67 bits per heavy atom. The molecule has 3 heteroatoms. The maximum Gasteiger partial charge on any atom is 0.338 e. The van der Waals surface area contributed by atoms with E-state index in [1.54, 1.807) is 0 Å². The van der Waals surface area contributed by atoms with E-state index in [2.05, 4.69) is 0 Å². The highest BCUT2D eigenvalue weighted by Crippen LogP contribution is 2.10. The van der Waals surface area contributed by atoms with Gasteiger partial charge in [-0.25, -0.2) is 4.79 Å². The van der Waals surface area contributed by atoms with Crippen LogP contribution in [0.4, 0.5) is 0 Å². The number of phenolic OH excluding ortho intramolecular Hbond substituents is 1. The average molecular weight is 206 g/mol. The second kappa shape index (κ2) is 5.86. The third-order valence-corrected chi connectivity index (χ3v) is 1.86. The van der Waals surface area contributed by atoms with Crippen LogP contribution >= 0.6 is 0 Å². The number of benzene rings is 1. The first-order valence-corrected chi connectivity index (χ1v) is 4.81. The molecule has 0 aliphatic rings. The second-order valence-electron chi connectivity index (χ2n) is 3.04. The Bertz CT molecular complexity index is 338. The van der Waals surface area contributed by atoms with Gasteiger partial charge in [-0.15, -0.1) is 0 Å². The van der Waals surface area contributed by atoms with Crippen molar-refractivity contribution < 1.29 is 14.6 Å². The van der Waals surface area contributed by atoms with Crippen molar-refractivity contribution in [3.8, 4) is 5.75 Å². The summed E-state index contributed by atoms with van der Waals surface area (Å²) >= 11 is 0. The molecular weight excluding hydrogens is 192 g/mol. The van der Waals surface area contributed by atoms with Gasteiger partial charge < -0.3 is 9.84 Å². The lowest BCUT2D eigenvalue weighted by molar-refractivity contribution is 0.0511. The number of carbonyl (C=O) groups is 1. The molecule has 0 aromatic heterocycles. The Hall–Kier alpha value is -1.77. The quantitative estimate of drug-likeness (QED) is 0.467. The minimum absolute atomic E-state index is 0.139. The van der Waals surface area contributed by atoms with Crippen LogP contribution in [0.1, 0.15) is 23.7 Å². The standard InChI is InChI=1S/C12H14O3/c1-2-3-4-9-15-12(14)10-5-7-11(13)8-6-10/h2-3,5-8,13H,4,9H2,1H3/b3-2+.